The molecule has 0 aromatic carbocycles. The van der Waals surface area contributed by atoms with Crippen LogP contribution in [0.4, 0.5) is 0 Å². The molecule has 1 unspecified atom stereocenters. The fourth-order valence-electron chi connectivity index (χ4n) is 3.19. The van der Waals surface area contributed by atoms with Gasteiger partial charge < -0.3 is 10.0 Å². The molecule has 2 rings (SSSR count). The highest BCUT2D eigenvalue weighted by atomic mass is 16.4. The summed E-state index contributed by atoms with van der Waals surface area (Å²) < 4.78 is 1.74. The molecule has 1 saturated heterocycles. The van der Waals surface area contributed by atoms with E-state index < -0.39 is 5.97 Å². The SMILES string of the molecule is CCc1nc(=O)n(C2CCN(C)C2)c(CC)c1CC(=O)O. The Balaban J connectivity index is 2.58. The highest BCUT2D eigenvalue weighted by Crippen LogP contribution is 2.23. The van der Waals surface area contributed by atoms with Crippen molar-refractivity contribution >= 4 is 5.97 Å². The fourth-order valence-corrected chi connectivity index (χ4v) is 3.19. The molecule has 1 N–H and O–H groups in total. The van der Waals surface area contributed by atoms with Gasteiger partial charge in [-0.15, -0.1) is 0 Å². The first-order valence-electron chi connectivity index (χ1n) is 7.51. The largest absolute Gasteiger partial charge is 0.481 e. The molecule has 116 valence electrons. The number of likely N-dealkylation sites (tertiary alicyclic amines) is 1. The number of aryl methyl sites for hydroxylation is 1. The van der Waals surface area contributed by atoms with Crippen molar-refractivity contribution in [2.75, 3.05) is 20.1 Å². The number of carboxylic acids is 1. The van der Waals surface area contributed by atoms with Crippen LogP contribution < -0.4 is 5.69 Å². The minimum atomic E-state index is -0.880. The highest BCUT2D eigenvalue weighted by molar-refractivity contribution is 5.71. The molecular weight excluding hydrogens is 270 g/mol. The van der Waals surface area contributed by atoms with Gasteiger partial charge >= 0.3 is 11.7 Å². The van der Waals surface area contributed by atoms with Crippen molar-refractivity contribution in [3.8, 4) is 0 Å². The van der Waals surface area contributed by atoms with Crippen molar-refractivity contribution in [1.29, 1.82) is 0 Å². The molecule has 6 heteroatoms. The summed E-state index contributed by atoms with van der Waals surface area (Å²) in [7, 11) is 2.03. The molecule has 2 heterocycles. The molecule has 0 bridgehead atoms. The molecule has 1 aromatic heterocycles. The number of carbonyl (C=O) groups is 1. The number of likely N-dealkylation sites (N-methyl/N-ethyl adjacent to an activating group) is 1. The van der Waals surface area contributed by atoms with E-state index >= 15 is 0 Å². The van der Waals surface area contributed by atoms with E-state index in [4.69, 9.17) is 5.11 Å². The molecule has 1 atom stereocenters. The van der Waals surface area contributed by atoms with Gasteiger partial charge in [0.15, 0.2) is 0 Å². The van der Waals surface area contributed by atoms with Gasteiger partial charge in [-0.2, -0.15) is 4.98 Å². The Morgan fingerprint density at radius 1 is 1.38 bits per heavy atom. The minimum Gasteiger partial charge on any atom is -0.481 e. The molecule has 0 amide bonds. The minimum absolute atomic E-state index is 0.0673. The first kappa shape index (κ1) is 15.7. The van der Waals surface area contributed by atoms with Crippen LogP contribution in [0.2, 0.25) is 0 Å². The molecule has 1 aliphatic heterocycles. The first-order valence-corrected chi connectivity index (χ1v) is 7.51. The molecule has 1 aliphatic rings. The summed E-state index contributed by atoms with van der Waals surface area (Å²) in [6, 6.07) is 0.100. The van der Waals surface area contributed by atoms with E-state index in [1.165, 1.54) is 0 Å². The molecule has 6 nitrogen and oxygen atoms in total. The topological polar surface area (TPSA) is 75.4 Å². The molecule has 0 spiro atoms. The Hall–Kier alpha value is -1.69. The number of aromatic nitrogens is 2. The van der Waals surface area contributed by atoms with Crippen LogP contribution in [0.15, 0.2) is 4.79 Å². The molecule has 1 fully saturated rings. The second-order valence-corrected chi connectivity index (χ2v) is 5.62. The van der Waals surface area contributed by atoms with E-state index in [9.17, 15) is 9.59 Å². The summed E-state index contributed by atoms with van der Waals surface area (Å²) in [5.74, 6) is -0.880. The lowest BCUT2D eigenvalue weighted by molar-refractivity contribution is -0.136. The quantitative estimate of drug-likeness (QED) is 0.872. The van der Waals surface area contributed by atoms with Crippen molar-refractivity contribution in [3.05, 3.63) is 27.4 Å². The predicted molar refractivity (Wildman–Crippen MR) is 79.7 cm³/mol. The lowest BCUT2D eigenvalue weighted by Crippen LogP contribution is -2.34. The number of carboxylic acid groups (broad SMARTS) is 1. The van der Waals surface area contributed by atoms with Gasteiger partial charge in [0.1, 0.15) is 0 Å². The number of aliphatic carboxylic acids is 1. The van der Waals surface area contributed by atoms with Gasteiger partial charge in [0, 0.05) is 17.8 Å². The number of hydrogen-bond acceptors (Lipinski definition) is 4. The Bertz CT molecular complexity index is 595. The van der Waals surface area contributed by atoms with Gasteiger partial charge in [-0.3, -0.25) is 9.36 Å². The normalized spacial score (nSPS) is 19.1. The standard InChI is InChI=1S/C15H23N3O3/c1-4-12-11(8-14(19)20)13(5-2)18(15(21)16-12)10-6-7-17(3)9-10/h10H,4-9H2,1-3H3,(H,19,20). The molecule has 0 aliphatic carbocycles. The lowest BCUT2D eigenvalue weighted by Gasteiger charge is -2.22. The molecular formula is C15H23N3O3. The van der Waals surface area contributed by atoms with E-state index in [1.807, 2.05) is 20.9 Å². The van der Waals surface area contributed by atoms with Crippen molar-refractivity contribution < 1.29 is 9.90 Å². The van der Waals surface area contributed by atoms with Crippen molar-refractivity contribution in [2.24, 2.45) is 0 Å². The lowest BCUT2D eigenvalue weighted by atomic mass is 10.0. The summed E-state index contributed by atoms with van der Waals surface area (Å²) in [5, 5.41) is 9.15. The third-order valence-electron chi connectivity index (χ3n) is 4.15. The summed E-state index contributed by atoms with van der Waals surface area (Å²) >= 11 is 0. The van der Waals surface area contributed by atoms with E-state index in [2.05, 4.69) is 9.88 Å². The molecule has 0 radical (unpaired) electrons. The zero-order chi connectivity index (χ0) is 15.6. The number of rotatable bonds is 5. The van der Waals surface area contributed by atoms with Crippen LogP contribution in [0, 0.1) is 0 Å². The molecule has 21 heavy (non-hydrogen) atoms. The third kappa shape index (κ3) is 3.15. The maximum atomic E-state index is 12.4. The monoisotopic (exact) mass is 293 g/mol. The zero-order valence-electron chi connectivity index (χ0n) is 12.9. The van der Waals surface area contributed by atoms with Gasteiger partial charge in [0.2, 0.25) is 0 Å². The highest BCUT2D eigenvalue weighted by Gasteiger charge is 2.26. The second-order valence-electron chi connectivity index (χ2n) is 5.62. The average molecular weight is 293 g/mol. The summed E-state index contributed by atoms with van der Waals surface area (Å²) in [5.41, 5.74) is 1.95. The smallest absolute Gasteiger partial charge is 0.348 e. The summed E-state index contributed by atoms with van der Waals surface area (Å²) in [6.07, 6.45) is 2.06. The van der Waals surface area contributed by atoms with Crippen LogP contribution in [0.3, 0.4) is 0 Å². The third-order valence-corrected chi connectivity index (χ3v) is 4.15. The van der Waals surface area contributed by atoms with Gasteiger partial charge in [0.25, 0.3) is 0 Å². The maximum absolute atomic E-state index is 12.4. The van der Waals surface area contributed by atoms with Crippen molar-refractivity contribution in [3.63, 3.8) is 0 Å². The molecule has 0 saturated carbocycles. The average Bonchev–Trinajstić information content (AvgIpc) is 2.85. The van der Waals surface area contributed by atoms with E-state index in [-0.39, 0.29) is 18.2 Å². The van der Waals surface area contributed by atoms with Crippen LogP contribution in [0.5, 0.6) is 0 Å². The van der Waals surface area contributed by atoms with E-state index in [0.29, 0.717) is 18.5 Å². The van der Waals surface area contributed by atoms with Crippen LogP contribution >= 0.6 is 0 Å². The first-order chi connectivity index (χ1) is 9.97. The maximum Gasteiger partial charge on any atom is 0.348 e. The van der Waals surface area contributed by atoms with Crippen LogP contribution in [0.1, 0.15) is 43.3 Å². The second kappa shape index (κ2) is 6.39. The number of nitrogens with zero attached hydrogens (tertiary/aromatic N) is 3. The Labute approximate surface area is 124 Å². The zero-order valence-corrected chi connectivity index (χ0v) is 12.9. The van der Waals surface area contributed by atoms with E-state index in [1.54, 1.807) is 4.57 Å². The van der Waals surface area contributed by atoms with Gasteiger partial charge in [-0.05, 0) is 32.9 Å². The van der Waals surface area contributed by atoms with Crippen molar-refractivity contribution in [2.45, 2.75) is 45.6 Å². The summed E-state index contributed by atoms with van der Waals surface area (Å²) in [6.45, 7) is 5.63. The predicted octanol–water partition coefficient (Wildman–Crippen LogP) is 0.872. The van der Waals surface area contributed by atoms with Crippen LogP contribution in [-0.4, -0.2) is 45.7 Å². The van der Waals surface area contributed by atoms with Crippen molar-refractivity contribution in [1.82, 2.24) is 14.5 Å². The van der Waals surface area contributed by atoms with Gasteiger partial charge in [-0.25, -0.2) is 4.79 Å². The Morgan fingerprint density at radius 3 is 2.57 bits per heavy atom. The molecule has 1 aromatic rings. The van der Waals surface area contributed by atoms with Gasteiger partial charge in [0.05, 0.1) is 18.2 Å². The fraction of sp³-hybridized carbons (Fsp3) is 0.667. The Morgan fingerprint density at radius 2 is 2.10 bits per heavy atom. The Kier molecular flexibility index (Phi) is 4.77. The van der Waals surface area contributed by atoms with Crippen LogP contribution in [-0.2, 0) is 24.1 Å². The van der Waals surface area contributed by atoms with Crippen LogP contribution in [0.25, 0.3) is 0 Å². The van der Waals surface area contributed by atoms with Gasteiger partial charge in [-0.1, -0.05) is 13.8 Å². The number of hydrogen-bond donors (Lipinski definition) is 1. The summed E-state index contributed by atoms with van der Waals surface area (Å²) in [4.78, 5) is 29.9. The van der Waals surface area contributed by atoms with E-state index in [0.717, 1.165) is 30.8 Å².